The van der Waals surface area contributed by atoms with Crippen LogP contribution in [0.3, 0.4) is 0 Å². The van der Waals surface area contributed by atoms with E-state index in [-0.39, 0.29) is 0 Å². The lowest BCUT2D eigenvalue weighted by Gasteiger charge is -2.32. The molecule has 1 saturated heterocycles. The minimum Gasteiger partial charge on any atom is -0.377 e. The molecule has 0 aliphatic carbocycles. The first-order valence-electron chi connectivity index (χ1n) is 12.7. The molecule has 1 heterocycles. The highest BCUT2D eigenvalue weighted by atomic mass is 16.6. The van der Waals surface area contributed by atoms with E-state index in [4.69, 9.17) is 14.2 Å². The van der Waals surface area contributed by atoms with Crippen LogP contribution in [0.15, 0.2) is 30.3 Å². The fourth-order valence-electron chi connectivity index (χ4n) is 4.30. The Hall–Kier alpha value is -0.900. The zero-order valence-electron chi connectivity index (χ0n) is 19.5. The Morgan fingerprint density at radius 2 is 1.23 bits per heavy atom. The second-order valence-electron chi connectivity index (χ2n) is 8.82. The third-order valence-corrected chi connectivity index (χ3v) is 6.14. The van der Waals surface area contributed by atoms with Gasteiger partial charge in [0.15, 0.2) is 0 Å². The average molecular weight is 419 g/mol. The monoisotopic (exact) mass is 418 g/mol. The van der Waals surface area contributed by atoms with Gasteiger partial charge in [0.25, 0.3) is 0 Å². The Labute approximate surface area is 185 Å². The zero-order valence-corrected chi connectivity index (χ0v) is 19.5. The fourth-order valence-corrected chi connectivity index (χ4v) is 4.30. The first-order chi connectivity index (χ1) is 14.9. The summed E-state index contributed by atoms with van der Waals surface area (Å²) in [5, 5.41) is 0. The molecule has 2 atom stereocenters. The molecule has 30 heavy (non-hydrogen) atoms. The van der Waals surface area contributed by atoms with Gasteiger partial charge in [-0.2, -0.15) is 0 Å². The van der Waals surface area contributed by atoms with Crippen molar-refractivity contribution in [2.24, 2.45) is 0 Å². The van der Waals surface area contributed by atoms with Crippen molar-refractivity contribution in [1.29, 1.82) is 0 Å². The topological polar surface area (TPSA) is 27.7 Å². The highest BCUT2D eigenvalue weighted by molar-refractivity contribution is 5.13. The quantitative estimate of drug-likeness (QED) is 0.231. The van der Waals surface area contributed by atoms with Gasteiger partial charge in [0, 0.05) is 6.61 Å². The Bertz CT molecular complexity index is 490. The molecule has 3 heteroatoms. The smallest absolute Gasteiger partial charge is 0.0837 e. The molecule has 0 spiro atoms. The van der Waals surface area contributed by atoms with Gasteiger partial charge in [-0.25, -0.2) is 0 Å². The minimum absolute atomic E-state index is 0.317. The van der Waals surface area contributed by atoms with Gasteiger partial charge in [-0.05, 0) is 24.8 Å². The highest BCUT2D eigenvalue weighted by Crippen LogP contribution is 2.22. The van der Waals surface area contributed by atoms with Crippen LogP contribution in [0.1, 0.15) is 102 Å². The van der Waals surface area contributed by atoms with E-state index in [1.54, 1.807) is 0 Å². The number of rotatable bonds is 18. The van der Waals surface area contributed by atoms with Crippen molar-refractivity contribution >= 4 is 0 Å². The minimum atomic E-state index is 0.317. The molecule has 1 aromatic carbocycles. The molecule has 0 aromatic heterocycles. The van der Waals surface area contributed by atoms with E-state index in [0.717, 1.165) is 39.3 Å². The molecular formula is C27H46O3. The lowest BCUT2D eigenvalue weighted by Crippen LogP contribution is -2.38. The van der Waals surface area contributed by atoms with E-state index in [9.17, 15) is 0 Å². The van der Waals surface area contributed by atoms with Crippen LogP contribution in [-0.2, 0) is 20.8 Å². The Kier molecular flexibility index (Phi) is 15.0. The van der Waals surface area contributed by atoms with Crippen LogP contribution in [0.5, 0.6) is 0 Å². The highest BCUT2D eigenvalue weighted by Gasteiger charge is 2.25. The molecule has 0 amide bonds. The van der Waals surface area contributed by atoms with Crippen molar-refractivity contribution in [3.8, 4) is 0 Å². The van der Waals surface area contributed by atoms with E-state index in [0.29, 0.717) is 12.2 Å². The number of unbranched alkanes of at least 4 members (excludes halogenated alkanes) is 10. The molecular weight excluding hydrogens is 372 g/mol. The van der Waals surface area contributed by atoms with Gasteiger partial charge in [0.2, 0.25) is 0 Å². The van der Waals surface area contributed by atoms with Crippen LogP contribution in [0.25, 0.3) is 0 Å². The second kappa shape index (κ2) is 17.7. The predicted octanol–water partition coefficient (Wildman–Crippen LogP) is 7.47. The van der Waals surface area contributed by atoms with Crippen molar-refractivity contribution in [3.05, 3.63) is 35.9 Å². The van der Waals surface area contributed by atoms with Crippen molar-refractivity contribution in [2.75, 3.05) is 19.8 Å². The molecule has 1 aliphatic rings. The molecule has 0 saturated carbocycles. The normalized spacial score (nSPS) is 19.2. The molecule has 2 rings (SSSR count). The van der Waals surface area contributed by atoms with Crippen LogP contribution in [0.2, 0.25) is 0 Å². The van der Waals surface area contributed by atoms with Crippen LogP contribution in [0, 0.1) is 0 Å². The summed E-state index contributed by atoms with van der Waals surface area (Å²) in [7, 11) is 0. The summed E-state index contributed by atoms with van der Waals surface area (Å²) in [6.45, 7) is 5.42. The molecule has 1 fully saturated rings. The number of benzene rings is 1. The lowest BCUT2D eigenvalue weighted by atomic mass is 9.99. The summed E-state index contributed by atoms with van der Waals surface area (Å²) in [6, 6.07) is 10.4. The van der Waals surface area contributed by atoms with Gasteiger partial charge in [0.1, 0.15) is 0 Å². The summed E-state index contributed by atoms with van der Waals surface area (Å²) in [6.07, 6.45) is 18.8. The summed E-state index contributed by atoms with van der Waals surface area (Å²) in [4.78, 5) is 0. The Balaban J connectivity index is 1.44. The third kappa shape index (κ3) is 12.1. The molecule has 0 radical (unpaired) electrons. The Morgan fingerprint density at radius 3 is 1.83 bits per heavy atom. The fraction of sp³-hybridized carbons (Fsp3) is 0.778. The maximum atomic E-state index is 6.06. The van der Waals surface area contributed by atoms with E-state index >= 15 is 0 Å². The van der Waals surface area contributed by atoms with Crippen LogP contribution in [-0.4, -0.2) is 32.0 Å². The molecule has 0 bridgehead atoms. The number of ether oxygens (including phenoxy) is 3. The second-order valence-corrected chi connectivity index (χ2v) is 8.82. The van der Waals surface area contributed by atoms with Gasteiger partial charge in [-0.1, -0.05) is 108 Å². The molecule has 3 nitrogen and oxygen atoms in total. The summed E-state index contributed by atoms with van der Waals surface area (Å²) in [5.41, 5.74) is 1.26. The van der Waals surface area contributed by atoms with Crippen LogP contribution < -0.4 is 0 Å². The van der Waals surface area contributed by atoms with Gasteiger partial charge < -0.3 is 14.2 Å². The molecule has 2 unspecified atom stereocenters. The van der Waals surface area contributed by atoms with Gasteiger partial charge in [-0.3, -0.25) is 0 Å². The zero-order chi connectivity index (χ0) is 21.1. The van der Waals surface area contributed by atoms with E-state index in [1.165, 1.54) is 82.6 Å². The third-order valence-electron chi connectivity index (χ3n) is 6.14. The maximum Gasteiger partial charge on any atom is 0.0837 e. The van der Waals surface area contributed by atoms with Crippen molar-refractivity contribution in [1.82, 2.24) is 0 Å². The van der Waals surface area contributed by atoms with Crippen molar-refractivity contribution in [3.63, 3.8) is 0 Å². The van der Waals surface area contributed by atoms with Crippen molar-refractivity contribution in [2.45, 2.75) is 116 Å². The van der Waals surface area contributed by atoms with Gasteiger partial charge >= 0.3 is 0 Å². The van der Waals surface area contributed by atoms with Gasteiger partial charge in [-0.15, -0.1) is 0 Å². The predicted molar refractivity (Wildman–Crippen MR) is 126 cm³/mol. The maximum absolute atomic E-state index is 6.06. The molecule has 172 valence electrons. The number of hydrogen-bond acceptors (Lipinski definition) is 3. The standard InChI is InChI=1S/C27H46O3/c1-2-3-4-5-6-7-8-14-19-26-27(30-23-22-29-26)20-15-9-10-16-21-28-24-25-17-12-11-13-18-25/h11-13,17-18,26-27H,2-10,14-16,19-24H2,1H3. The van der Waals surface area contributed by atoms with Crippen LogP contribution >= 0.6 is 0 Å². The molecule has 1 aliphatic heterocycles. The SMILES string of the molecule is CCCCCCCCCCC1OCCOC1CCCCCCOCc1ccccc1. The van der Waals surface area contributed by atoms with E-state index in [2.05, 4.69) is 31.2 Å². The first kappa shape index (κ1) is 25.4. The summed E-state index contributed by atoms with van der Waals surface area (Å²) < 4.78 is 17.9. The first-order valence-corrected chi connectivity index (χ1v) is 12.7. The van der Waals surface area contributed by atoms with E-state index in [1.807, 2.05) is 6.07 Å². The van der Waals surface area contributed by atoms with Gasteiger partial charge in [0.05, 0.1) is 32.0 Å². The largest absolute Gasteiger partial charge is 0.377 e. The summed E-state index contributed by atoms with van der Waals surface area (Å²) >= 11 is 0. The average Bonchev–Trinajstić information content (AvgIpc) is 2.79. The molecule has 1 aromatic rings. The van der Waals surface area contributed by atoms with Crippen LogP contribution in [0.4, 0.5) is 0 Å². The summed E-state index contributed by atoms with van der Waals surface area (Å²) in [5.74, 6) is 0. The molecule has 0 N–H and O–H groups in total. The Morgan fingerprint density at radius 1 is 0.700 bits per heavy atom. The number of hydrogen-bond donors (Lipinski definition) is 0. The van der Waals surface area contributed by atoms with Crippen molar-refractivity contribution < 1.29 is 14.2 Å². The van der Waals surface area contributed by atoms with E-state index < -0.39 is 0 Å². The lowest BCUT2D eigenvalue weighted by molar-refractivity contribution is -0.145.